The predicted octanol–water partition coefficient (Wildman–Crippen LogP) is 7.27. The third-order valence-corrected chi connectivity index (χ3v) is 7.74. The lowest BCUT2D eigenvalue weighted by Gasteiger charge is -2.22. The summed E-state index contributed by atoms with van der Waals surface area (Å²) in [4.78, 5) is 30.6. The van der Waals surface area contributed by atoms with E-state index in [0.29, 0.717) is 23.3 Å². The number of aromatic nitrogens is 1. The SMILES string of the molecule is COc1ccc(C2CC(c3c(-c4ccccc4)c4cc(Br)ccc4[nH]c3=O)=NN2C(=O)c2ccc(C)cc2)cc1. The number of pyridine rings is 1. The Balaban J connectivity index is 1.55. The maximum Gasteiger partial charge on any atom is 0.274 e. The summed E-state index contributed by atoms with van der Waals surface area (Å²) in [5.41, 5.74) is 5.71. The van der Waals surface area contributed by atoms with Crippen LogP contribution in [0.4, 0.5) is 0 Å². The smallest absolute Gasteiger partial charge is 0.274 e. The quantitative estimate of drug-likeness (QED) is 0.233. The predicted molar refractivity (Wildman–Crippen MR) is 162 cm³/mol. The van der Waals surface area contributed by atoms with Crippen molar-refractivity contribution in [3.05, 3.63) is 134 Å². The van der Waals surface area contributed by atoms with Gasteiger partial charge in [-0.1, -0.05) is 76.1 Å². The van der Waals surface area contributed by atoms with Crippen LogP contribution >= 0.6 is 15.9 Å². The highest BCUT2D eigenvalue weighted by molar-refractivity contribution is 9.10. The minimum atomic E-state index is -0.393. The molecule has 0 fully saturated rings. The minimum Gasteiger partial charge on any atom is -0.497 e. The monoisotopic (exact) mass is 591 g/mol. The van der Waals surface area contributed by atoms with Gasteiger partial charge in [0.2, 0.25) is 0 Å². The standard InChI is InChI=1S/C33H26BrN3O3/c1-20-8-10-23(11-9-20)33(39)37-29(21-12-15-25(40-2)16-13-21)19-28(36-37)31-30(22-6-4-3-5-7-22)26-18-24(34)14-17-27(26)35-32(31)38/h3-18,29H,19H2,1-2H3,(H,35,38). The lowest BCUT2D eigenvalue weighted by atomic mass is 9.91. The zero-order chi connectivity index (χ0) is 27.8. The molecule has 7 heteroatoms. The highest BCUT2D eigenvalue weighted by Crippen LogP contribution is 2.38. The number of hydrogen-bond donors (Lipinski definition) is 1. The average molecular weight is 592 g/mol. The lowest BCUT2D eigenvalue weighted by molar-refractivity contribution is 0.0711. The number of amides is 1. The molecule has 0 saturated heterocycles. The van der Waals surface area contributed by atoms with E-state index in [1.807, 2.05) is 104 Å². The summed E-state index contributed by atoms with van der Waals surface area (Å²) in [6, 6.07) is 30.3. The molecule has 0 saturated carbocycles. The van der Waals surface area contributed by atoms with Gasteiger partial charge < -0.3 is 9.72 Å². The fourth-order valence-electron chi connectivity index (χ4n) is 5.21. The fourth-order valence-corrected chi connectivity index (χ4v) is 5.57. The van der Waals surface area contributed by atoms with Crippen LogP contribution < -0.4 is 10.3 Å². The van der Waals surface area contributed by atoms with Crippen molar-refractivity contribution in [3.8, 4) is 16.9 Å². The minimum absolute atomic E-state index is 0.225. The number of ether oxygens (including phenoxy) is 1. The second-order valence-electron chi connectivity index (χ2n) is 9.82. The molecular weight excluding hydrogens is 566 g/mol. The molecule has 4 aromatic carbocycles. The molecule has 1 aliphatic heterocycles. The van der Waals surface area contributed by atoms with Gasteiger partial charge in [-0.15, -0.1) is 0 Å². The summed E-state index contributed by atoms with van der Waals surface area (Å²) in [5, 5.41) is 7.28. The zero-order valence-corrected chi connectivity index (χ0v) is 23.6. The van der Waals surface area contributed by atoms with Crippen molar-refractivity contribution in [3.63, 3.8) is 0 Å². The Morgan fingerprint density at radius 2 is 1.68 bits per heavy atom. The molecule has 198 valence electrons. The van der Waals surface area contributed by atoms with Crippen molar-refractivity contribution in [1.82, 2.24) is 9.99 Å². The van der Waals surface area contributed by atoms with E-state index in [9.17, 15) is 9.59 Å². The summed E-state index contributed by atoms with van der Waals surface area (Å²) in [7, 11) is 1.62. The van der Waals surface area contributed by atoms with Crippen molar-refractivity contribution in [2.75, 3.05) is 7.11 Å². The van der Waals surface area contributed by atoms with Gasteiger partial charge >= 0.3 is 0 Å². The normalized spacial score (nSPS) is 14.8. The molecule has 1 atom stereocenters. The molecule has 40 heavy (non-hydrogen) atoms. The Labute approximate surface area is 240 Å². The number of aromatic amines is 1. The van der Waals surface area contributed by atoms with Gasteiger partial charge in [-0.05, 0) is 60.5 Å². The molecule has 1 amide bonds. The number of hydrogen-bond acceptors (Lipinski definition) is 4. The summed E-state index contributed by atoms with van der Waals surface area (Å²) in [6.45, 7) is 1.98. The number of fused-ring (bicyclic) bond motifs is 1. The van der Waals surface area contributed by atoms with Crippen LogP contribution in [0.2, 0.25) is 0 Å². The van der Waals surface area contributed by atoms with Crippen LogP contribution in [0.3, 0.4) is 0 Å². The van der Waals surface area contributed by atoms with E-state index in [-0.39, 0.29) is 11.5 Å². The highest BCUT2D eigenvalue weighted by atomic mass is 79.9. The molecule has 2 heterocycles. The van der Waals surface area contributed by atoms with Gasteiger partial charge in [-0.25, -0.2) is 5.01 Å². The first kappa shape index (κ1) is 25.8. The van der Waals surface area contributed by atoms with E-state index in [2.05, 4.69) is 20.9 Å². The van der Waals surface area contributed by atoms with Gasteiger partial charge in [0.15, 0.2) is 0 Å². The molecule has 1 aromatic heterocycles. The Morgan fingerprint density at radius 3 is 2.38 bits per heavy atom. The lowest BCUT2D eigenvalue weighted by Crippen LogP contribution is -2.27. The number of halogens is 1. The van der Waals surface area contributed by atoms with Crippen LogP contribution in [-0.4, -0.2) is 28.7 Å². The van der Waals surface area contributed by atoms with Crippen LogP contribution in [0.25, 0.3) is 22.0 Å². The number of nitrogens with one attached hydrogen (secondary N) is 1. The van der Waals surface area contributed by atoms with E-state index in [4.69, 9.17) is 9.84 Å². The number of nitrogens with zero attached hydrogens (tertiary/aromatic N) is 2. The first-order chi connectivity index (χ1) is 19.4. The third kappa shape index (κ3) is 4.73. The Kier molecular flexibility index (Phi) is 6.82. The van der Waals surface area contributed by atoms with Gasteiger partial charge in [0.05, 0.1) is 24.4 Å². The second-order valence-corrected chi connectivity index (χ2v) is 10.7. The van der Waals surface area contributed by atoms with Gasteiger partial charge in [0.25, 0.3) is 11.5 Å². The molecule has 1 aliphatic rings. The molecule has 0 bridgehead atoms. The van der Waals surface area contributed by atoms with Crippen molar-refractivity contribution in [2.24, 2.45) is 5.10 Å². The number of carbonyl (C=O) groups is 1. The zero-order valence-electron chi connectivity index (χ0n) is 22.0. The number of methoxy groups -OCH3 is 1. The Bertz CT molecular complexity index is 1810. The van der Waals surface area contributed by atoms with Crippen molar-refractivity contribution in [1.29, 1.82) is 0 Å². The number of carbonyl (C=O) groups excluding carboxylic acids is 1. The number of H-pyrrole nitrogens is 1. The van der Waals surface area contributed by atoms with Gasteiger partial charge in [0, 0.05) is 32.9 Å². The van der Waals surface area contributed by atoms with E-state index in [1.54, 1.807) is 7.11 Å². The van der Waals surface area contributed by atoms with E-state index in [1.165, 1.54) is 5.01 Å². The first-order valence-corrected chi connectivity index (χ1v) is 13.7. The molecule has 6 nitrogen and oxygen atoms in total. The van der Waals surface area contributed by atoms with Gasteiger partial charge in [-0.3, -0.25) is 9.59 Å². The van der Waals surface area contributed by atoms with E-state index < -0.39 is 6.04 Å². The number of aryl methyl sites for hydroxylation is 1. The molecule has 5 aromatic rings. The van der Waals surface area contributed by atoms with Gasteiger partial charge in [0.1, 0.15) is 5.75 Å². The average Bonchev–Trinajstić information content (AvgIpc) is 3.42. The van der Waals surface area contributed by atoms with Crippen molar-refractivity contribution < 1.29 is 9.53 Å². The van der Waals surface area contributed by atoms with Crippen LogP contribution in [-0.2, 0) is 0 Å². The van der Waals surface area contributed by atoms with Gasteiger partial charge in [-0.2, -0.15) is 5.10 Å². The molecule has 1 unspecified atom stereocenters. The van der Waals surface area contributed by atoms with Crippen LogP contribution in [0.15, 0.2) is 111 Å². The molecule has 0 radical (unpaired) electrons. The number of benzene rings is 4. The topological polar surface area (TPSA) is 74.8 Å². The van der Waals surface area contributed by atoms with Crippen LogP contribution in [0.1, 0.15) is 39.5 Å². The summed E-state index contributed by atoms with van der Waals surface area (Å²) in [6.07, 6.45) is 0.381. The van der Waals surface area contributed by atoms with Crippen LogP contribution in [0, 0.1) is 6.92 Å². The maximum absolute atomic E-state index is 13.8. The summed E-state index contributed by atoms with van der Waals surface area (Å²) < 4.78 is 6.25. The number of rotatable bonds is 5. The molecule has 1 N–H and O–H groups in total. The molecule has 0 aliphatic carbocycles. The molecule has 0 spiro atoms. The van der Waals surface area contributed by atoms with Crippen LogP contribution in [0.5, 0.6) is 5.75 Å². The summed E-state index contributed by atoms with van der Waals surface area (Å²) >= 11 is 3.59. The van der Waals surface area contributed by atoms with E-state index in [0.717, 1.165) is 43.4 Å². The first-order valence-electron chi connectivity index (χ1n) is 13.0. The summed E-state index contributed by atoms with van der Waals surface area (Å²) in [5.74, 6) is 0.499. The van der Waals surface area contributed by atoms with Crippen molar-refractivity contribution >= 4 is 38.5 Å². The third-order valence-electron chi connectivity index (χ3n) is 7.24. The fraction of sp³-hybridized carbons (Fsp3) is 0.121. The maximum atomic E-state index is 13.8. The van der Waals surface area contributed by atoms with Crippen molar-refractivity contribution in [2.45, 2.75) is 19.4 Å². The highest BCUT2D eigenvalue weighted by Gasteiger charge is 2.36. The van der Waals surface area contributed by atoms with E-state index >= 15 is 0 Å². The second kappa shape index (κ2) is 10.6. The largest absolute Gasteiger partial charge is 0.497 e. The molecular formula is C33H26BrN3O3. The number of hydrazone groups is 1. The molecule has 6 rings (SSSR count). The Morgan fingerprint density at radius 1 is 0.950 bits per heavy atom. The Hall–Kier alpha value is -4.49.